The van der Waals surface area contributed by atoms with E-state index in [1.54, 1.807) is 7.11 Å². The number of hydrogen-bond acceptors (Lipinski definition) is 5. The monoisotopic (exact) mass is 428 g/mol. The Labute approximate surface area is 182 Å². The predicted octanol–water partition coefficient (Wildman–Crippen LogP) is 2.05. The second kappa shape index (κ2) is 10.9. The summed E-state index contributed by atoms with van der Waals surface area (Å²) in [4.78, 5) is 30.7. The Morgan fingerprint density at radius 2 is 1.68 bits per heavy atom. The van der Waals surface area contributed by atoms with Crippen molar-refractivity contribution in [1.82, 2.24) is 14.7 Å². The number of nitrogens with zero attached hydrogens (tertiary/aromatic N) is 3. The quantitative estimate of drug-likeness (QED) is 0.697. The van der Waals surface area contributed by atoms with Crippen molar-refractivity contribution < 1.29 is 18.7 Å². The van der Waals surface area contributed by atoms with Gasteiger partial charge in [0.15, 0.2) is 0 Å². The smallest absolute Gasteiger partial charge is 0.238 e. The summed E-state index contributed by atoms with van der Waals surface area (Å²) in [6.07, 6.45) is 0. The number of carbonyl (C=O) groups excluding carboxylic acids is 2. The van der Waals surface area contributed by atoms with Gasteiger partial charge in [-0.2, -0.15) is 0 Å². The number of rotatable bonds is 8. The molecule has 8 heteroatoms. The summed E-state index contributed by atoms with van der Waals surface area (Å²) in [6, 6.07) is 13.5. The molecular weight excluding hydrogens is 399 g/mol. The van der Waals surface area contributed by atoms with Gasteiger partial charge in [-0.15, -0.1) is 0 Å². The molecule has 2 aromatic carbocycles. The van der Waals surface area contributed by atoms with Gasteiger partial charge >= 0.3 is 0 Å². The number of ether oxygens (including phenoxy) is 1. The lowest BCUT2D eigenvalue weighted by Crippen LogP contribution is -2.52. The van der Waals surface area contributed by atoms with Crippen LogP contribution < -0.4 is 10.1 Å². The van der Waals surface area contributed by atoms with E-state index in [-0.39, 0.29) is 24.2 Å². The van der Waals surface area contributed by atoms with Crippen LogP contribution in [0, 0.1) is 5.82 Å². The summed E-state index contributed by atoms with van der Waals surface area (Å²) in [5.41, 5.74) is 1.69. The van der Waals surface area contributed by atoms with E-state index >= 15 is 0 Å². The average molecular weight is 429 g/mol. The van der Waals surface area contributed by atoms with Crippen LogP contribution in [0.2, 0.25) is 0 Å². The maximum Gasteiger partial charge on any atom is 0.238 e. The average Bonchev–Trinajstić information content (AvgIpc) is 2.76. The first-order chi connectivity index (χ1) is 14.9. The normalized spacial score (nSPS) is 14.5. The molecule has 1 fully saturated rings. The second-order valence-corrected chi connectivity index (χ2v) is 7.73. The van der Waals surface area contributed by atoms with Crippen molar-refractivity contribution in [2.45, 2.75) is 6.54 Å². The number of piperazine rings is 1. The Morgan fingerprint density at radius 3 is 2.29 bits per heavy atom. The minimum Gasteiger partial charge on any atom is -0.497 e. The highest BCUT2D eigenvalue weighted by molar-refractivity contribution is 5.92. The fourth-order valence-corrected chi connectivity index (χ4v) is 3.52. The molecule has 2 aromatic rings. The summed E-state index contributed by atoms with van der Waals surface area (Å²) in [6.45, 7) is 3.75. The van der Waals surface area contributed by atoms with Crippen molar-refractivity contribution in [1.29, 1.82) is 0 Å². The van der Waals surface area contributed by atoms with E-state index in [0.29, 0.717) is 45.0 Å². The molecule has 1 N–H and O–H groups in total. The van der Waals surface area contributed by atoms with Gasteiger partial charge in [-0.25, -0.2) is 4.39 Å². The lowest BCUT2D eigenvalue weighted by atomic mass is 10.2. The third kappa shape index (κ3) is 7.04. The first-order valence-corrected chi connectivity index (χ1v) is 10.3. The summed E-state index contributed by atoms with van der Waals surface area (Å²) >= 11 is 0. The maximum atomic E-state index is 13.0. The predicted molar refractivity (Wildman–Crippen MR) is 117 cm³/mol. The standard InChI is InChI=1S/C23H29FN4O3/c1-26(15-18-3-9-21(31-2)10-4-18)17-23(30)28-13-11-27(12-14-28)16-22(29)25-20-7-5-19(24)6-8-20/h3-10H,11-17H2,1-2H3,(H,25,29). The van der Waals surface area contributed by atoms with Gasteiger partial charge in [0.25, 0.3) is 0 Å². The molecule has 31 heavy (non-hydrogen) atoms. The van der Waals surface area contributed by atoms with Crippen LogP contribution in [0.25, 0.3) is 0 Å². The van der Waals surface area contributed by atoms with Crippen molar-refractivity contribution in [2.75, 3.05) is 58.7 Å². The first kappa shape index (κ1) is 22.7. The molecule has 1 saturated heterocycles. The number of benzene rings is 2. The van der Waals surface area contributed by atoms with Crippen molar-refractivity contribution in [3.8, 4) is 5.75 Å². The fourth-order valence-electron chi connectivity index (χ4n) is 3.52. The summed E-state index contributed by atoms with van der Waals surface area (Å²) in [5, 5.41) is 2.76. The minimum atomic E-state index is -0.339. The number of likely N-dealkylation sites (N-methyl/N-ethyl adjacent to an activating group) is 1. The van der Waals surface area contributed by atoms with Crippen LogP contribution in [0.4, 0.5) is 10.1 Å². The highest BCUT2D eigenvalue weighted by Crippen LogP contribution is 2.13. The molecule has 0 radical (unpaired) electrons. The van der Waals surface area contributed by atoms with E-state index in [9.17, 15) is 14.0 Å². The minimum absolute atomic E-state index is 0.0893. The van der Waals surface area contributed by atoms with Crippen LogP contribution in [-0.2, 0) is 16.1 Å². The third-order valence-electron chi connectivity index (χ3n) is 5.24. The number of amides is 2. The van der Waals surface area contributed by atoms with Crippen LogP contribution in [0.1, 0.15) is 5.56 Å². The molecule has 0 spiro atoms. The molecule has 0 aliphatic carbocycles. The summed E-state index contributed by atoms with van der Waals surface area (Å²) in [7, 11) is 3.57. The fraction of sp³-hybridized carbons (Fsp3) is 0.391. The summed E-state index contributed by atoms with van der Waals surface area (Å²) in [5.74, 6) is 0.414. The maximum absolute atomic E-state index is 13.0. The van der Waals surface area contributed by atoms with Gasteiger partial charge in [0.05, 0.1) is 20.2 Å². The van der Waals surface area contributed by atoms with Gasteiger partial charge < -0.3 is 15.0 Å². The molecule has 0 aromatic heterocycles. The number of hydrogen-bond donors (Lipinski definition) is 1. The SMILES string of the molecule is COc1ccc(CN(C)CC(=O)N2CCN(CC(=O)Nc3ccc(F)cc3)CC2)cc1. The molecule has 3 rings (SSSR count). The molecule has 1 aliphatic heterocycles. The van der Waals surface area contributed by atoms with Gasteiger partial charge in [-0.3, -0.25) is 19.4 Å². The van der Waals surface area contributed by atoms with Crippen LogP contribution in [0.15, 0.2) is 48.5 Å². The lowest BCUT2D eigenvalue weighted by molar-refractivity contribution is -0.134. The molecule has 0 atom stereocenters. The van der Waals surface area contributed by atoms with E-state index in [4.69, 9.17) is 4.74 Å². The molecule has 1 aliphatic rings. The second-order valence-electron chi connectivity index (χ2n) is 7.73. The molecule has 7 nitrogen and oxygen atoms in total. The highest BCUT2D eigenvalue weighted by atomic mass is 19.1. The first-order valence-electron chi connectivity index (χ1n) is 10.3. The number of nitrogens with one attached hydrogen (secondary N) is 1. The third-order valence-corrected chi connectivity index (χ3v) is 5.24. The summed E-state index contributed by atoms with van der Waals surface area (Å²) < 4.78 is 18.1. The number of halogens is 1. The van der Waals surface area contributed by atoms with E-state index < -0.39 is 0 Å². The zero-order valence-corrected chi connectivity index (χ0v) is 18.0. The van der Waals surface area contributed by atoms with Crippen molar-refractivity contribution in [3.63, 3.8) is 0 Å². The van der Waals surface area contributed by atoms with Crippen molar-refractivity contribution >= 4 is 17.5 Å². The van der Waals surface area contributed by atoms with Crippen LogP contribution in [0.3, 0.4) is 0 Å². The van der Waals surface area contributed by atoms with E-state index in [0.717, 1.165) is 11.3 Å². The lowest BCUT2D eigenvalue weighted by Gasteiger charge is -2.35. The molecule has 0 saturated carbocycles. The number of methoxy groups -OCH3 is 1. The van der Waals surface area contributed by atoms with Crippen LogP contribution in [0.5, 0.6) is 5.75 Å². The van der Waals surface area contributed by atoms with Gasteiger partial charge in [0, 0.05) is 38.4 Å². The number of carbonyl (C=O) groups is 2. The molecule has 2 amide bonds. The Morgan fingerprint density at radius 1 is 1.03 bits per heavy atom. The molecule has 0 bridgehead atoms. The van der Waals surface area contributed by atoms with E-state index in [2.05, 4.69) is 5.32 Å². The molecular formula is C23H29FN4O3. The zero-order chi connectivity index (χ0) is 22.2. The Balaban J connectivity index is 1.38. The van der Waals surface area contributed by atoms with Crippen molar-refractivity contribution in [3.05, 3.63) is 59.9 Å². The Kier molecular flexibility index (Phi) is 7.97. The highest BCUT2D eigenvalue weighted by Gasteiger charge is 2.23. The van der Waals surface area contributed by atoms with Crippen LogP contribution >= 0.6 is 0 Å². The Bertz CT molecular complexity index is 865. The zero-order valence-electron chi connectivity index (χ0n) is 18.0. The topological polar surface area (TPSA) is 65.1 Å². The molecule has 1 heterocycles. The Hall–Kier alpha value is -2.97. The largest absolute Gasteiger partial charge is 0.497 e. The van der Waals surface area contributed by atoms with Gasteiger partial charge in [-0.1, -0.05) is 12.1 Å². The van der Waals surface area contributed by atoms with Crippen molar-refractivity contribution in [2.24, 2.45) is 0 Å². The van der Waals surface area contributed by atoms with Crippen LogP contribution in [-0.4, -0.2) is 79.9 Å². The molecule has 0 unspecified atom stereocenters. The van der Waals surface area contributed by atoms with E-state index in [1.807, 2.05) is 46.0 Å². The van der Waals surface area contributed by atoms with Gasteiger partial charge in [0.1, 0.15) is 11.6 Å². The van der Waals surface area contributed by atoms with E-state index in [1.165, 1.54) is 24.3 Å². The van der Waals surface area contributed by atoms with Gasteiger partial charge in [0.2, 0.25) is 11.8 Å². The number of anilines is 1. The van der Waals surface area contributed by atoms with Gasteiger partial charge in [-0.05, 0) is 49.0 Å². The molecule has 166 valence electrons.